The van der Waals surface area contributed by atoms with Crippen LogP contribution in [0.3, 0.4) is 0 Å². The van der Waals surface area contributed by atoms with Gasteiger partial charge >= 0.3 is 0 Å². The Bertz CT molecular complexity index is 594. The molecule has 4 nitrogen and oxygen atoms in total. The fraction of sp³-hybridized carbons (Fsp3) is 0.400. The van der Waals surface area contributed by atoms with Crippen molar-refractivity contribution in [2.24, 2.45) is 7.05 Å². The van der Waals surface area contributed by atoms with Gasteiger partial charge in [-0.1, -0.05) is 18.2 Å². The van der Waals surface area contributed by atoms with Crippen LogP contribution in [0, 0.1) is 0 Å². The molecular formula is C15H20N2O2. The van der Waals surface area contributed by atoms with Gasteiger partial charge in [0.2, 0.25) is 0 Å². The van der Waals surface area contributed by atoms with Gasteiger partial charge in [-0.25, -0.2) is 0 Å². The smallest absolute Gasteiger partial charge is 0.251 e. The molecule has 0 unspecified atom stereocenters. The average Bonchev–Trinajstić information content (AvgIpc) is 2.66. The highest BCUT2D eigenvalue weighted by molar-refractivity contribution is 5.85. The van der Waals surface area contributed by atoms with E-state index in [1.807, 2.05) is 19.2 Å². The molecule has 0 fully saturated rings. The second kappa shape index (κ2) is 5.05. The summed E-state index contributed by atoms with van der Waals surface area (Å²) in [6.45, 7) is 3.50. The zero-order valence-corrected chi connectivity index (χ0v) is 11.6. The van der Waals surface area contributed by atoms with E-state index in [9.17, 15) is 9.90 Å². The van der Waals surface area contributed by atoms with Crippen LogP contribution in [0.15, 0.2) is 30.5 Å². The third kappa shape index (κ3) is 2.96. The van der Waals surface area contributed by atoms with Gasteiger partial charge in [0.25, 0.3) is 5.91 Å². The van der Waals surface area contributed by atoms with E-state index in [0.29, 0.717) is 6.54 Å². The van der Waals surface area contributed by atoms with E-state index >= 15 is 0 Å². The molecule has 1 aromatic carbocycles. The van der Waals surface area contributed by atoms with Crippen molar-refractivity contribution in [1.29, 1.82) is 0 Å². The number of rotatable bonds is 4. The lowest BCUT2D eigenvalue weighted by Crippen LogP contribution is -2.42. The molecule has 0 radical (unpaired) electrons. The predicted molar refractivity (Wildman–Crippen MR) is 75.9 cm³/mol. The summed E-state index contributed by atoms with van der Waals surface area (Å²) in [5.74, 6) is -0.340. The van der Waals surface area contributed by atoms with E-state index in [0.717, 1.165) is 6.42 Å². The summed E-state index contributed by atoms with van der Waals surface area (Å²) in [6, 6.07) is 8.19. The number of nitrogens with one attached hydrogen (secondary N) is 1. The van der Waals surface area contributed by atoms with E-state index < -0.39 is 5.60 Å². The van der Waals surface area contributed by atoms with Gasteiger partial charge in [-0.2, -0.15) is 0 Å². The molecule has 0 aliphatic heterocycles. The second-order valence-electron chi connectivity index (χ2n) is 5.35. The molecule has 1 heterocycles. The Morgan fingerprint density at radius 3 is 2.74 bits per heavy atom. The van der Waals surface area contributed by atoms with Crippen molar-refractivity contribution in [2.75, 3.05) is 6.54 Å². The summed E-state index contributed by atoms with van der Waals surface area (Å²) in [7, 11) is 2.02. The molecule has 4 heteroatoms. The second-order valence-corrected chi connectivity index (χ2v) is 5.35. The van der Waals surface area contributed by atoms with Crippen LogP contribution in [-0.4, -0.2) is 27.7 Å². The lowest BCUT2D eigenvalue weighted by Gasteiger charge is -2.16. The molecule has 0 bridgehead atoms. The number of carbonyl (C=O) groups is 1. The largest absolute Gasteiger partial charge is 0.381 e. The fourth-order valence-electron chi connectivity index (χ4n) is 2.15. The summed E-state index contributed by atoms with van der Waals surface area (Å²) in [5, 5.41) is 13.5. The number of amides is 1. The Morgan fingerprint density at radius 1 is 1.37 bits per heavy atom. The van der Waals surface area contributed by atoms with E-state index in [4.69, 9.17) is 0 Å². The van der Waals surface area contributed by atoms with Crippen molar-refractivity contribution in [3.63, 3.8) is 0 Å². The van der Waals surface area contributed by atoms with Crippen LogP contribution in [0.2, 0.25) is 0 Å². The van der Waals surface area contributed by atoms with Crippen LogP contribution in [-0.2, 0) is 18.3 Å². The van der Waals surface area contributed by atoms with Gasteiger partial charge in [-0.3, -0.25) is 4.79 Å². The highest BCUT2D eigenvalue weighted by Crippen LogP contribution is 2.20. The van der Waals surface area contributed by atoms with Crippen LogP contribution < -0.4 is 5.32 Å². The number of hydrogen-bond donors (Lipinski definition) is 2. The minimum atomic E-state index is -1.32. The number of hydrogen-bond acceptors (Lipinski definition) is 2. The summed E-state index contributed by atoms with van der Waals surface area (Å²) in [6.07, 6.45) is 2.84. The van der Waals surface area contributed by atoms with Crippen molar-refractivity contribution in [1.82, 2.24) is 9.88 Å². The first-order valence-corrected chi connectivity index (χ1v) is 6.43. The van der Waals surface area contributed by atoms with E-state index in [1.54, 1.807) is 0 Å². The first kappa shape index (κ1) is 13.6. The molecule has 2 rings (SSSR count). The van der Waals surface area contributed by atoms with Crippen LogP contribution in [0.5, 0.6) is 0 Å². The maximum absolute atomic E-state index is 11.6. The minimum absolute atomic E-state index is 0.340. The Balaban J connectivity index is 2.05. The van der Waals surface area contributed by atoms with Crippen LogP contribution in [0.4, 0.5) is 0 Å². The third-order valence-corrected chi connectivity index (χ3v) is 3.22. The van der Waals surface area contributed by atoms with Gasteiger partial charge in [0, 0.05) is 30.7 Å². The predicted octanol–water partition coefficient (Wildman–Crippen LogP) is 1.61. The van der Waals surface area contributed by atoms with Crippen LogP contribution in [0.1, 0.15) is 19.4 Å². The van der Waals surface area contributed by atoms with Crippen LogP contribution >= 0.6 is 0 Å². The van der Waals surface area contributed by atoms with Crippen molar-refractivity contribution in [3.8, 4) is 0 Å². The van der Waals surface area contributed by atoms with E-state index in [2.05, 4.69) is 28.2 Å². The molecule has 1 aromatic heterocycles. The maximum Gasteiger partial charge on any atom is 0.251 e. The summed E-state index contributed by atoms with van der Waals surface area (Å²) < 4.78 is 2.09. The molecule has 19 heavy (non-hydrogen) atoms. The van der Waals surface area contributed by atoms with Crippen molar-refractivity contribution < 1.29 is 9.90 Å². The van der Waals surface area contributed by atoms with Crippen molar-refractivity contribution >= 4 is 16.8 Å². The van der Waals surface area contributed by atoms with Crippen molar-refractivity contribution in [3.05, 3.63) is 36.0 Å². The lowest BCUT2D eigenvalue weighted by atomic mass is 10.1. The number of nitrogens with zero attached hydrogens (tertiary/aromatic N) is 1. The first-order valence-electron chi connectivity index (χ1n) is 6.43. The summed E-state index contributed by atoms with van der Waals surface area (Å²) in [4.78, 5) is 11.6. The first-order chi connectivity index (χ1) is 8.89. The lowest BCUT2D eigenvalue weighted by molar-refractivity contribution is -0.136. The number of fused-ring (bicyclic) bond motifs is 1. The molecule has 0 spiro atoms. The third-order valence-electron chi connectivity index (χ3n) is 3.22. The Labute approximate surface area is 113 Å². The minimum Gasteiger partial charge on any atom is -0.381 e. The molecule has 2 aromatic rings. The highest BCUT2D eigenvalue weighted by atomic mass is 16.3. The Morgan fingerprint density at radius 2 is 2.05 bits per heavy atom. The molecule has 0 aliphatic carbocycles. The quantitative estimate of drug-likeness (QED) is 0.877. The zero-order valence-electron chi connectivity index (χ0n) is 11.6. The van der Waals surface area contributed by atoms with Gasteiger partial charge in [0.05, 0.1) is 0 Å². The van der Waals surface area contributed by atoms with Gasteiger partial charge in [0.15, 0.2) is 0 Å². The topological polar surface area (TPSA) is 54.3 Å². The standard InChI is InChI=1S/C15H20N2O2/c1-15(2,19)14(18)16-9-8-11-10-17(3)13-7-5-4-6-12(11)13/h4-7,10,19H,8-9H2,1-3H3,(H,16,18). The fourth-order valence-corrected chi connectivity index (χ4v) is 2.15. The Hall–Kier alpha value is -1.81. The van der Waals surface area contributed by atoms with Gasteiger partial charge in [-0.05, 0) is 31.9 Å². The molecule has 0 saturated heterocycles. The summed E-state index contributed by atoms with van der Waals surface area (Å²) in [5.41, 5.74) is 1.07. The summed E-state index contributed by atoms with van der Waals surface area (Å²) >= 11 is 0. The number of carbonyl (C=O) groups excluding carboxylic acids is 1. The number of aromatic nitrogens is 1. The Kier molecular flexibility index (Phi) is 3.62. The number of aliphatic hydroxyl groups is 1. The van der Waals surface area contributed by atoms with E-state index in [-0.39, 0.29) is 5.91 Å². The average molecular weight is 260 g/mol. The molecule has 0 atom stereocenters. The molecule has 1 amide bonds. The SMILES string of the molecule is Cn1cc(CCNC(=O)C(C)(C)O)c2ccccc21. The zero-order chi connectivity index (χ0) is 14.0. The van der Waals surface area contributed by atoms with Gasteiger partial charge in [0.1, 0.15) is 5.60 Å². The monoisotopic (exact) mass is 260 g/mol. The molecule has 0 aliphatic rings. The maximum atomic E-state index is 11.6. The molecule has 102 valence electrons. The molecule has 2 N–H and O–H groups in total. The normalized spacial score (nSPS) is 11.8. The van der Waals surface area contributed by atoms with Crippen molar-refractivity contribution in [2.45, 2.75) is 25.9 Å². The van der Waals surface area contributed by atoms with Crippen LogP contribution in [0.25, 0.3) is 10.9 Å². The molecule has 0 saturated carbocycles. The number of aryl methyl sites for hydroxylation is 1. The highest BCUT2D eigenvalue weighted by Gasteiger charge is 2.22. The van der Waals surface area contributed by atoms with Gasteiger partial charge in [-0.15, -0.1) is 0 Å². The van der Waals surface area contributed by atoms with Gasteiger partial charge < -0.3 is 15.0 Å². The van der Waals surface area contributed by atoms with E-state index in [1.165, 1.54) is 30.3 Å². The number of benzene rings is 1. The number of para-hydroxylation sites is 1. The molecular weight excluding hydrogens is 240 g/mol.